The summed E-state index contributed by atoms with van der Waals surface area (Å²) in [6, 6.07) is 17.1. The highest BCUT2D eigenvalue weighted by Crippen LogP contribution is 2.37. The molecule has 1 aliphatic heterocycles. The zero-order chi connectivity index (χ0) is 25.0. The number of benzene rings is 2. The molecule has 1 aliphatic rings. The summed E-state index contributed by atoms with van der Waals surface area (Å²) in [6.07, 6.45) is -3.81. The van der Waals surface area contributed by atoms with Crippen LogP contribution in [0.5, 0.6) is 0 Å². The van der Waals surface area contributed by atoms with Crippen LogP contribution in [-0.4, -0.2) is 62.7 Å². The van der Waals surface area contributed by atoms with Gasteiger partial charge in [-0.25, -0.2) is 14.4 Å². The van der Waals surface area contributed by atoms with Crippen LogP contribution in [-0.2, 0) is 14.2 Å². The van der Waals surface area contributed by atoms with E-state index >= 15 is 0 Å². The number of carbonyl (C=O) groups is 2. The molecule has 3 N–H and O–H groups in total. The van der Waals surface area contributed by atoms with Crippen LogP contribution in [0, 0.1) is 0 Å². The predicted octanol–water partition coefficient (Wildman–Crippen LogP) is 0.240. The second-order valence-corrected chi connectivity index (χ2v) is 7.91. The molecule has 0 unspecified atom stereocenters. The van der Waals surface area contributed by atoms with Gasteiger partial charge in [-0.15, -0.1) is 0 Å². The Balaban J connectivity index is 1.61. The molecule has 11 heteroatoms. The van der Waals surface area contributed by atoms with E-state index in [4.69, 9.17) is 14.2 Å². The van der Waals surface area contributed by atoms with Crippen LogP contribution in [0.4, 0.5) is 0 Å². The number of H-pyrrole nitrogens is 1. The Kier molecular flexibility index (Phi) is 6.92. The number of esters is 2. The van der Waals surface area contributed by atoms with Gasteiger partial charge in [0.15, 0.2) is 11.8 Å². The van der Waals surface area contributed by atoms with Gasteiger partial charge in [0.2, 0.25) is 0 Å². The number of ether oxygens (including phenoxy) is 3. The van der Waals surface area contributed by atoms with Crippen LogP contribution in [0.25, 0.3) is 0 Å². The van der Waals surface area contributed by atoms with Gasteiger partial charge in [-0.05, 0) is 24.3 Å². The molecule has 3 aromatic rings. The predicted molar refractivity (Wildman–Crippen MR) is 120 cm³/mol. The molecule has 0 amide bonds. The minimum atomic E-state index is -1.92. The number of nitrogens with one attached hydrogen (secondary N) is 1. The average molecular weight is 482 g/mol. The van der Waals surface area contributed by atoms with E-state index in [0.29, 0.717) is 0 Å². The lowest BCUT2D eigenvalue weighted by atomic mass is 9.96. The van der Waals surface area contributed by atoms with E-state index in [9.17, 15) is 29.4 Å². The summed E-state index contributed by atoms with van der Waals surface area (Å²) < 4.78 is 17.4. The molecule has 35 heavy (non-hydrogen) atoms. The Labute approximate surface area is 198 Å². The second-order valence-electron chi connectivity index (χ2n) is 7.91. The monoisotopic (exact) mass is 482 g/mol. The first-order valence-electron chi connectivity index (χ1n) is 10.6. The topological polar surface area (TPSA) is 157 Å². The number of rotatable bonds is 7. The molecule has 2 heterocycles. The lowest BCUT2D eigenvalue weighted by Gasteiger charge is -2.30. The Morgan fingerprint density at radius 3 is 1.89 bits per heavy atom. The molecule has 1 aromatic heterocycles. The number of aliphatic hydroxyl groups is 2. The average Bonchev–Trinajstić information content (AvgIpc) is 3.12. The van der Waals surface area contributed by atoms with Crippen LogP contribution < -0.4 is 11.2 Å². The largest absolute Gasteiger partial charge is 0.459 e. The van der Waals surface area contributed by atoms with Crippen molar-refractivity contribution in [1.82, 2.24) is 9.55 Å². The summed E-state index contributed by atoms with van der Waals surface area (Å²) in [7, 11) is 0. The normalized spacial score (nSPS) is 20.8. The van der Waals surface area contributed by atoms with E-state index < -0.39 is 60.4 Å². The van der Waals surface area contributed by atoms with Crippen molar-refractivity contribution in [2.45, 2.75) is 24.0 Å². The molecule has 0 saturated carbocycles. The number of hydrogen-bond acceptors (Lipinski definition) is 9. The van der Waals surface area contributed by atoms with Gasteiger partial charge in [0.25, 0.3) is 5.56 Å². The molecule has 1 fully saturated rings. The SMILES string of the molecule is O=C(OCC1(COC(=O)c2ccccc2)O[C@@H](n2ccc(=O)[nH]c2=O)[C@H](O)[C@@H]1O)c1ccccc1. The lowest BCUT2D eigenvalue weighted by Crippen LogP contribution is -2.51. The van der Waals surface area contributed by atoms with Crippen LogP contribution in [0.3, 0.4) is 0 Å². The van der Waals surface area contributed by atoms with Gasteiger partial charge in [0, 0.05) is 12.3 Å². The molecule has 0 aliphatic carbocycles. The van der Waals surface area contributed by atoms with Crippen LogP contribution in [0.15, 0.2) is 82.5 Å². The Morgan fingerprint density at radius 2 is 1.40 bits per heavy atom. The molecule has 2 aromatic carbocycles. The molecule has 4 rings (SSSR count). The molecule has 0 spiro atoms. The first kappa shape index (κ1) is 24.1. The Morgan fingerprint density at radius 1 is 0.886 bits per heavy atom. The van der Waals surface area contributed by atoms with Crippen molar-refractivity contribution in [2.24, 2.45) is 0 Å². The molecule has 0 radical (unpaired) electrons. The number of aromatic amines is 1. The highest BCUT2D eigenvalue weighted by atomic mass is 16.6. The van der Waals surface area contributed by atoms with Gasteiger partial charge in [-0.2, -0.15) is 0 Å². The highest BCUT2D eigenvalue weighted by molar-refractivity contribution is 5.90. The third-order valence-corrected chi connectivity index (χ3v) is 5.55. The summed E-state index contributed by atoms with van der Waals surface area (Å²) in [5, 5.41) is 21.6. The summed E-state index contributed by atoms with van der Waals surface area (Å²) >= 11 is 0. The number of aromatic nitrogens is 2. The fraction of sp³-hybridized carbons (Fsp3) is 0.250. The van der Waals surface area contributed by atoms with Crippen molar-refractivity contribution in [3.05, 3.63) is 105 Å². The standard InChI is InChI=1S/C24H22N2O9/c27-17-11-12-26(23(32)25-17)20-18(28)19(29)24(35-20,13-33-21(30)15-7-3-1-4-8-15)14-34-22(31)16-9-5-2-6-10-16/h1-12,18-20,28-29H,13-14H2,(H,25,27,32)/t18-,19+,20-/m1/s1. The van der Waals surface area contributed by atoms with Crippen LogP contribution in [0.1, 0.15) is 26.9 Å². The highest BCUT2D eigenvalue weighted by Gasteiger charge is 2.57. The summed E-state index contributed by atoms with van der Waals surface area (Å²) in [4.78, 5) is 50.7. The summed E-state index contributed by atoms with van der Waals surface area (Å²) in [5.74, 6) is -1.48. The van der Waals surface area contributed by atoms with E-state index in [1.807, 2.05) is 4.98 Å². The van der Waals surface area contributed by atoms with Crippen LogP contribution in [0.2, 0.25) is 0 Å². The van der Waals surface area contributed by atoms with E-state index in [-0.39, 0.29) is 11.1 Å². The van der Waals surface area contributed by atoms with Crippen molar-refractivity contribution in [2.75, 3.05) is 13.2 Å². The zero-order valence-corrected chi connectivity index (χ0v) is 18.3. The summed E-state index contributed by atoms with van der Waals surface area (Å²) in [6.45, 7) is -1.23. The van der Waals surface area contributed by atoms with Crippen LogP contribution >= 0.6 is 0 Å². The van der Waals surface area contributed by atoms with Gasteiger partial charge < -0.3 is 24.4 Å². The number of nitrogens with zero attached hydrogens (tertiary/aromatic N) is 1. The zero-order valence-electron chi connectivity index (χ0n) is 18.3. The van der Waals surface area contributed by atoms with E-state index in [0.717, 1.165) is 16.8 Å². The van der Waals surface area contributed by atoms with Gasteiger partial charge in [-0.1, -0.05) is 36.4 Å². The second kappa shape index (κ2) is 10.1. The smallest absolute Gasteiger partial charge is 0.338 e. The minimum Gasteiger partial charge on any atom is -0.459 e. The lowest BCUT2D eigenvalue weighted by molar-refractivity contribution is -0.153. The van der Waals surface area contributed by atoms with Crippen molar-refractivity contribution in [3.8, 4) is 0 Å². The molecular weight excluding hydrogens is 460 g/mol. The maximum absolute atomic E-state index is 12.5. The van der Waals surface area contributed by atoms with Gasteiger partial charge >= 0.3 is 17.6 Å². The third kappa shape index (κ3) is 5.06. The molecule has 1 saturated heterocycles. The van der Waals surface area contributed by atoms with E-state index in [1.54, 1.807) is 36.4 Å². The molecule has 3 atom stereocenters. The third-order valence-electron chi connectivity index (χ3n) is 5.55. The number of aliphatic hydroxyl groups excluding tert-OH is 2. The van der Waals surface area contributed by atoms with E-state index in [2.05, 4.69) is 0 Å². The number of hydrogen-bond donors (Lipinski definition) is 3. The van der Waals surface area contributed by atoms with Gasteiger partial charge in [0.05, 0.1) is 11.1 Å². The fourth-order valence-corrected chi connectivity index (χ4v) is 3.67. The Hall–Kier alpha value is -4.06. The van der Waals surface area contributed by atoms with Gasteiger partial charge in [0.1, 0.15) is 25.4 Å². The first-order chi connectivity index (χ1) is 16.8. The summed E-state index contributed by atoms with van der Waals surface area (Å²) in [5.41, 5.74) is -3.03. The fourth-order valence-electron chi connectivity index (χ4n) is 3.67. The molecule has 11 nitrogen and oxygen atoms in total. The number of carbonyl (C=O) groups excluding carboxylic acids is 2. The molecular formula is C24H22N2O9. The van der Waals surface area contributed by atoms with Crippen molar-refractivity contribution in [3.63, 3.8) is 0 Å². The molecule has 0 bridgehead atoms. The van der Waals surface area contributed by atoms with Crippen molar-refractivity contribution in [1.29, 1.82) is 0 Å². The maximum atomic E-state index is 12.5. The minimum absolute atomic E-state index is 0.227. The Bertz CT molecular complexity index is 1250. The van der Waals surface area contributed by atoms with Gasteiger partial charge in [-0.3, -0.25) is 14.3 Å². The molecule has 182 valence electrons. The maximum Gasteiger partial charge on any atom is 0.338 e. The van der Waals surface area contributed by atoms with E-state index in [1.165, 1.54) is 24.3 Å². The quantitative estimate of drug-likeness (QED) is 0.401. The van der Waals surface area contributed by atoms with Crippen molar-refractivity contribution >= 4 is 11.9 Å². The first-order valence-corrected chi connectivity index (χ1v) is 10.6. The van der Waals surface area contributed by atoms with Crippen molar-refractivity contribution < 1.29 is 34.0 Å².